The third-order valence-corrected chi connectivity index (χ3v) is 5.35. The molecule has 0 radical (unpaired) electrons. The second-order valence-corrected chi connectivity index (χ2v) is 7.53. The molecule has 2 aromatic carbocycles. The Kier molecular flexibility index (Phi) is 5.22. The quantitative estimate of drug-likeness (QED) is 0.302. The largest absolute Gasteiger partial charge is 0.461 e. The molecule has 5 nitrogen and oxygen atoms in total. The number of rotatable bonds is 6. The molecule has 134 valence electrons. The number of thioether (sulfide) groups is 1. The molecule has 0 saturated heterocycles. The van der Waals surface area contributed by atoms with Crippen LogP contribution in [0.1, 0.15) is 10.4 Å². The number of carbonyl (C=O) groups is 1. The zero-order chi connectivity index (χ0) is 18.6. The second-order valence-electron chi connectivity index (χ2n) is 5.67. The first-order valence-corrected chi connectivity index (χ1v) is 9.96. The van der Waals surface area contributed by atoms with Gasteiger partial charge in [0.1, 0.15) is 0 Å². The number of hydrogen-bond donors (Lipinski definition) is 0. The highest BCUT2D eigenvalue weighted by molar-refractivity contribution is 9.10. The van der Waals surface area contributed by atoms with Gasteiger partial charge in [-0.15, -0.1) is 10.2 Å². The molecule has 2 heterocycles. The van der Waals surface area contributed by atoms with E-state index in [2.05, 4.69) is 26.1 Å². The number of furan rings is 1. The molecule has 0 atom stereocenters. The van der Waals surface area contributed by atoms with Crippen molar-refractivity contribution in [3.63, 3.8) is 0 Å². The highest BCUT2D eigenvalue weighted by atomic mass is 79.9. The molecular formula is C20H14BrN3O2S. The van der Waals surface area contributed by atoms with Gasteiger partial charge in [-0.05, 0) is 36.4 Å². The van der Waals surface area contributed by atoms with Crippen LogP contribution in [-0.2, 0) is 0 Å². The van der Waals surface area contributed by atoms with E-state index in [1.807, 2.05) is 71.3 Å². The average molecular weight is 440 g/mol. The highest BCUT2D eigenvalue weighted by Crippen LogP contribution is 2.28. The lowest BCUT2D eigenvalue weighted by atomic mass is 10.2. The van der Waals surface area contributed by atoms with Gasteiger partial charge >= 0.3 is 0 Å². The predicted molar refractivity (Wildman–Crippen MR) is 108 cm³/mol. The normalized spacial score (nSPS) is 10.9. The van der Waals surface area contributed by atoms with Crippen molar-refractivity contribution in [2.45, 2.75) is 5.16 Å². The molecule has 0 bridgehead atoms. The molecule has 0 aliphatic rings. The first kappa shape index (κ1) is 17.8. The Bertz CT molecular complexity index is 1040. The SMILES string of the molecule is O=C(CSc1nnc(-c2ccco2)n1-c1ccccc1)c1ccc(Br)cc1. The first-order chi connectivity index (χ1) is 13.2. The Balaban J connectivity index is 1.63. The van der Waals surface area contributed by atoms with Gasteiger partial charge in [-0.1, -0.05) is 58.0 Å². The van der Waals surface area contributed by atoms with Gasteiger partial charge in [0, 0.05) is 15.7 Å². The van der Waals surface area contributed by atoms with E-state index in [0.29, 0.717) is 22.3 Å². The van der Waals surface area contributed by atoms with Gasteiger partial charge in [-0.2, -0.15) is 0 Å². The number of carbonyl (C=O) groups excluding carboxylic acids is 1. The third kappa shape index (κ3) is 3.89. The van der Waals surface area contributed by atoms with Crippen molar-refractivity contribution in [1.82, 2.24) is 14.8 Å². The van der Waals surface area contributed by atoms with E-state index >= 15 is 0 Å². The minimum Gasteiger partial charge on any atom is -0.461 e. The number of hydrogen-bond acceptors (Lipinski definition) is 5. The Hall–Kier alpha value is -2.64. The summed E-state index contributed by atoms with van der Waals surface area (Å²) in [4.78, 5) is 12.5. The van der Waals surface area contributed by atoms with Gasteiger partial charge < -0.3 is 4.42 Å². The Labute approximate surface area is 168 Å². The molecule has 0 N–H and O–H groups in total. The van der Waals surface area contributed by atoms with Crippen molar-refractivity contribution >= 4 is 33.5 Å². The lowest BCUT2D eigenvalue weighted by molar-refractivity contribution is 0.102. The third-order valence-electron chi connectivity index (χ3n) is 3.89. The minimum atomic E-state index is 0.0367. The number of para-hydroxylation sites is 1. The maximum Gasteiger partial charge on any atom is 0.205 e. The molecule has 2 aromatic heterocycles. The summed E-state index contributed by atoms with van der Waals surface area (Å²) in [6, 6.07) is 20.8. The van der Waals surface area contributed by atoms with E-state index in [-0.39, 0.29) is 11.5 Å². The van der Waals surface area contributed by atoms with Crippen LogP contribution in [0.2, 0.25) is 0 Å². The van der Waals surface area contributed by atoms with Gasteiger partial charge in [-0.25, -0.2) is 0 Å². The Morgan fingerprint density at radius 1 is 1.00 bits per heavy atom. The van der Waals surface area contributed by atoms with E-state index in [1.54, 1.807) is 6.26 Å². The summed E-state index contributed by atoms with van der Waals surface area (Å²) in [6.07, 6.45) is 1.60. The molecule has 4 aromatic rings. The fourth-order valence-electron chi connectivity index (χ4n) is 2.59. The summed E-state index contributed by atoms with van der Waals surface area (Å²) in [5.74, 6) is 1.53. The number of aromatic nitrogens is 3. The van der Waals surface area contributed by atoms with E-state index in [9.17, 15) is 4.79 Å². The van der Waals surface area contributed by atoms with Crippen LogP contribution >= 0.6 is 27.7 Å². The number of Topliss-reactive ketones (excluding diaryl/α,β-unsaturated/α-hetero) is 1. The molecule has 0 amide bonds. The topological polar surface area (TPSA) is 60.9 Å². The molecule has 7 heteroatoms. The van der Waals surface area contributed by atoms with Crippen LogP contribution in [0, 0.1) is 0 Å². The van der Waals surface area contributed by atoms with Gasteiger partial charge in [0.05, 0.1) is 12.0 Å². The molecule has 0 unspecified atom stereocenters. The lowest BCUT2D eigenvalue weighted by Crippen LogP contribution is -2.04. The molecule has 27 heavy (non-hydrogen) atoms. The lowest BCUT2D eigenvalue weighted by Gasteiger charge is -2.08. The number of halogens is 1. The maximum atomic E-state index is 12.5. The van der Waals surface area contributed by atoms with Gasteiger partial charge in [0.25, 0.3) is 0 Å². The zero-order valence-electron chi connectivity index (χ0n) is 14.1. The van der Waals surface area contributed by atoms with Crippen LogP contribution < -0.4 is 0 Å². The Morgan fingerprint density at radius 3 is 2.48 bits per heavy atom. The average Bonchev–Trinajstić information content (AvgIpc) is 3.37. The van der Waals surface area contributed by atoms with E-state index in [4.69, 9.17) is 4.42 Å². The Morgan fingerprint density at radius 2 is 1.78 bits per heavy atom. The molecule has 0 aliphatic heterocycles. The summed E-state index contributed by atoms with van der Waals surface area (Å²) < 4.78 is 8.34. The van der Waals surface area contributed by atoms with Gasteiger partial charge in [-0.3, -0.25) is 9.36 Å². The van der Waals surface area contributed by atoms with E-state index in [0.717, 1.165) is 10.2 Å². The molecule has 0 aliphatic carbocycles. The summed E-state index contributed by atoms with van der Waals surface area (Å²) in [5, 5.41) is 9.20. The standard InChI is InChI=1S/C20H14BrN3O2S/c21-15-10-8-14(9-11-15)17(25)13-27-20-23-22-19(18-7-4-12-26-18)24(20)16-5-2-1-3-6-16/h1-12H,13H2. The van der Waals surface area contributed by atoms with Crippen LogP contribution in [0.4, 0.5) is 0 Å². The maximum absolute atomic E-state index is 12.5. The first-order valence-electron chi connectivity index (χ1n) is 8.18. The van der Waals surface area contributed by atoms with Crippen LogP contribution in [-0.4, -0.2) is 26.3 Å². The van der Waals surface area contributed by atoms with Crippen molar-refractivity contribution in [3.8, 4) is 17.3 Å². The minimum absolute atomic E-state index is 0.0367. The molecule has 0 saturated carbocycles. The van der Waals surface area contributed by atoms with Crippen molar-refractivity contribution in [2.24, 2.45) is 0 Å². The molecule has 0 fully saturated rings. The van der Waals surface area contributed by atoms with Crippen LogP contribution in [0.25, 0.3) is 17.3 Å². The monoisotopic (exact) mass is 439 g/mol. The number of ketones is 1. The van der Waals surface area contributed by atoms with Crippen molar-refractivity contribution < 1.29 is 9.21 Å². The summed E-state index contributed by atoms with van der Waals surface area (Å²) in [5.41, 5.74) is 1.58. The highest BCUT2D eigenvalue weighted by Gasteiger charge is 2.19. The van der Waals surface area contributed by atoms with Crippen molar-refractivity contribution in [1.29, 1.82) is 0 Å². The van der Waals surface area contributed by atoms with E-state index < -0.39 is 0 Å². The van der Waals surface area contributed by atoms with Gasteiger partial charge in [0.2, 0.25) is 5.82 Å². The van der Waals surface area contributed by atoms with Crippen LogP contribution in [0.5, 0.6) is 0 Å². The summed E-state index contributed by atoms with van der Waals surface area (Å²) in [6.45, 7) is 0. The van der Waals surface area contributed by atoms with Crippen LogP contribution in [0.3, 0.4) is 0 Å². The van der Waals surface area contributed by atoms with Crippen molar-refractivity contribution in [2.75, 3.05) is 5.75 Å². The zero-order valence-corrected chi connectivity index (χ0v) is 16.5. The molecule has 0 spiro atoms. The fraction of sp³-hybridized carbons (Fsp3) is 0.0500. The second kappa shape index (κ2) is 7.94. The summed E-state index contributed by atoms with van der Waals surface area (Å²) in [7, 11) is 0. The number of benzene rings is 2. The van der Waals surface area contributed by atoms with E-state index in [1.165, 1.54) is 11.8 Å². The predicted octanol–water partition coefficient (Wildman–Crippen LogP) is 5.26. The fourth-order valence-corrected chi connectivity index (χ4v) is 3.70. The smallest absolute Gasteiger partial charge is 0.205 e. The van der Waals surface area contributed by atoms with Gasteiger partial charge in [0.15, 0.2) is 16.7 Å². The molecule has 4 rings (SSSR count). The van der Waals surface area contributed by atoms with Crippen molar-refractivity contribution in [3.05, 3.63) is 83.0 Å². The summed E-state index contributed by atoms with van der Waals surface area (Å²) >= 11 is 4.73. The number of nitrogens with zero attached hydrogens (tertiary/aromatic N) is 3. The van der Waals surface area contributed by atoms with Crippen LogP contribution in [0.15, 0.2) is 87.0 Å². The molecular weight excluding hydrogens is 426 g/mol.